The van der Waals surface area contributed by atoms with Crippen LogP contribution in [0.15, 0.2) is 21.9 Å². The molecule has 5 nitrogen and oxygen atoms in total. The molecule has 0 spiro atoms. The van der Waals surface area contributed by atoms with Gasteiger partial charge < -0.3 is 9.67 Å². The molecule has 0 aromatic carbocycles. The maximum Gasteiger partial charge on any atom is 0.270 e. The summed E-state index contributed by atoms with van der Waals surface area (Å²) < 4.78 is 1.81. The van der Waals surface area contributed by atoms with Crippen molar-refractivity contribution in [3.05, 3.63) is 54.8 Å². The molecule has 0 aromatic rings. The quantitative estimate of drug-likeness (QED) is 0.903. The van der Waals surface area contributed by atoms with E-state index in [1.807, 2.05) is 31.4 Å². The highest BCUT2D eigenvalue weighted by Gasteiger charge is 2.21. The molecule has 3 rings (SSSR count). The zero-order valence-electron chi connectivity index (χ0n) is 14.3. The highest BCUT2D eigenvalue weighted by Crippen LogP contribution is 2.25. The Morgan fingerprint density at radius 1 is 1.29 bits per heavy atom. The molecule has 5 heteroatoms. The number of allylic oxidation sites excluding steroid dienone is 1. The zero-order chi connectivity index (χ0) is 17.8. The number of fused-ring (bicyclic) bond motifs is 1. The summed E-state index contributed by atoms with van der Waals surface area (Å²) in [7, 11) is 0. The zero-order valence-corrected chi connectivity index (χ0v) is 14.3. The van der Waals surface area contributed by atoms with Crippen molar-refractivity contribution in [1.29, 1.82) is 0 Å². The van der Waals surface area contributed by atoms with E-state index in [-0.39, 0.29) is 16.5 Å². The van der Waals surface area contributed by atoms with Crippen LogP contribution in [0.3, 0.4) is 0 Å². The van der Waals surface area contributed by atoms with Gasteiger partial charge in [0.1, 0.15) is 16.5 Å². The van der Waals surface area contributed by atoms with Gasteiger partial charge in [0.25, 0.3) is 5.91 Å². The Morgan fingerprint density at radius 2 is 1.96 bits per heavy atom. The Kier molecular flexibility index (Phi) is 3.67. The van der Waals surface area contributed by atoms with E-state index >= 15 is 0 Å². The van der Waals surface area contributed by atoms with Gasteiger partial charge in [-0.15, -0.1) is 0 Å². The number of aryl methyl sites for hydroxylation is 1. The van der Waals surface area contributed by atoms with Crippen LogP contribution in [0.2, 0.25) is 0 Å². The molecule has 1 N–H and O–H groups in total. The summed E-state index contributed by atoms with van der Waals surface area (Å²) in [6, 6.07) is 1.86. The van der Waals surface area contributed by atoms with E-state index in [2.05, 4.69) is 11.6 Å². The second-order valence-electron chi connectivity index (χ2n) is 6.73. The second-order valence-corrected chi connectivity index (χ2v) is 6.73. The van der Waals surface area contributed by atoms with Crippen molar-refractivity contribution in [2.24, 2.45) is 10.9 Å². The van der Waals surface area contributed by atoms with E-state index in [0.29, 0.717) is 39.5 Å². The first-order valence-electron chi connectivity index (χ1n) is 7.91. The van der Waals surface area contributed by atoms with Crippen LogP contribution in [0.4, 0.5) is 0 Å². The number of aromatic nitrogens is 1. The van der Waals surface area contributed by atoms with Gasteiger partial charge in [-0.3, -0.25) is 9.59 Å². The maximum atomic E-state index is 13.1. The van der Waals surface area contributed by atoms with E-state index in [1.54, 1.807) is 6.92 Å². The number of amides is 1. The third-order valence-corrected chi connectivity index (χ3v) is 4.28. The maximum absolute atomic E-state index is 13.1. The minimum Gasteiger partial charge on any atom is -0.507 e. The van der Waals surface area contributed by atoms with Crippen molar-refractivity contribution in [3.63, 3.8) is 0 Å². The first kappa shape index (κ1) is 16.2. The predicted octanol–water partition coefficient (Wildman–Crippen LogP) is 1.22. The summed E-state index contributed by atoms with van der Waals surface area (Å²) in [5.74, 6) is -0.187. The van der Waals surface area contributed by atoms with Crippen LogP contribution in [0.1, 0.15) is 31.9 Å². The van der Waals surface area contributed by atoms with Crippen LogP contribution >= 0.6 is 0 Å². The monoisotopic (exact) mass is 324 g/mol. The minimum absolute atomic E-state index is 0.000365. The van der Waals surface area contributed by atoms with Crippen molar-refractivity contribution in [3.8, 4) is 5.75 Å². The van der Waals surface area contributed by atoms with Crippen LogP contribution in [0, 0.1) is 23.4 Å². The molecule has 0 saturated carbocycles. The summed E-state index contributed by atoms with van der Waals surface area (Å²) in [5.41, 5.74) is 1.34. The summed E-state index contributed by atoms with van der Waals surface area (Å²) in [5, 5.41) is 12.4. The van der Waals surface area contributed by atoms with Gasteiger partial charge in [0.2, 0.25) is 5.43 Å². The van der Waals surface area contributed by atoms with E-state index in [1.165, 1.54) is 6.08 Å². The number of aromatic hydroxyl groups is 1. The normalized spacial score (nSPS) is 13.9. The lowest BCUT2D eigenvalue weighted by Gasteiger charge is -2.17. The van der Waals surface area contributed by atoms with Crippen molar-refractivity contribution in [2.45, 2.75) is 34.2 Å². The number of hydrogen-bond donors (Lipinski definition) is 1. The fourth-order valence-corrected chi connectivity index (χ4v) is 3.32. The number of carbonyl (C=O) groups excluding carboxylic acids is 1. The molecule has 0 atom stereocenters. The van der Waals surface area contributed by atoms with Crippen LogP contribution in [0.25, 0.3) is 12.2 Å². The molecule has 0 saturated heterocycles. The third-order valence-electron chi connectivity index (χ3n) is 4.28. The molecule has 3 aliphatic rings. The fraction of sp³-hybridized carbons (Fsp3) is 0.316. The van der Waals surface area contributed by atoms with Crippen LogP contribution < -0.4 is 16.1 Å². The first-order chi connectivity index (χ1) is 11.2. The number of carbonyl (C=O) groups is 1. The molecule has 124 valence electrons. The molecule has 0 aromatic heterocycles. The fourth-order valence-electron chi connectivity index (χ4n) is 3.32. The molecular formula is C19H20N2O3. The Balaban J connectivity index is 2.70. The van der Waals surface area contributed by atoms with Crippen LogP contribution in [-0.2, 0) is 11.3 Å². The van der Waals surface area contributed by atoms with Gasteiger partial charge in [-0.25, -0.2) is 4.99 Å². The molecular weight excluding hydrogens is 304 g/mol. The van der Waals surface area contributed by atoms with Gasteiger partial charge >= 0.3 is 0 Å². The minimum atomic E-state index is -0.478. The first-order valence-corrected chi connectivity index (χ1v) is 7.91. The van der Waals surface area contributed by atoms with Crippen LogP contribution in [-0.4, -0.2) is 15.6 Å². The molecule has 0 bridgehead atoms. The smallest absolute Gasteiger partial charge is 0.270 e. The molecule has 2 aliphatic heterocycles. The average molecular weight is 324 g/mol. The summed E-state index contributed by atoms with van der Waals surface area (Å²) in [4.78, 5) is 28.7. The van der Waals surface area contributed by atoms with Crippen LogP contribution in [0.5, 0.6) is 5.75 Å². The lowest BCUT2D eigenvalue weighted by molar-refractivity contribution is -0.113. The van der Waals surface area contributed by atoms with Gasteiger partial charge in [-0.2, -0.15) is 0 Å². The SMILES string of the molecule is C=c1cc(C)c2c(O)c3c(c(=O)c=2n1CC(C)C)=NC(=O)C=C3C. The van der Waals surface area contributed by atoms with Gasteiger partial charge in [0.15, 0.2) is 0 Å². The summed E-state index contributed by atoms with van der Waals surface area (Å²) in [6.07, 6.45) is 1.33. The van der Waals surface area contributed by atoms with Gasteiger partial charge in [0, 0.05) is 23.2 Å². The molecule has 0 unspecified atom stereocenters. The highest BCUT2D eigenvalue weighted by molar-refractivity contribution is 5.98. The molecule has 1 amide bonds. The topological polar surface area (TPSA) is 71.7 Å². The van der Waals surface area contributed by atoms with Crippen molar-refractivity contribution in [2.75, 3.05) is 0 Å². The molecule has 2 heterocycles. The van der Waals surface area contributed by atoms with Crippen molar-refractivity contribution >= 4 is 18.1 Å². The summed E-state index contributed by atoms with van der Waals surface area (Å²) >= 11 is 0. The van der Waals surface area contributed by atoms with Gasteiger partial charge in [-0.1, -0.05) is 20.4 Å². The molecule has 0 fully saturated rings. The Hall–Kier alpha value is -2.69. The lowest BCUT2D eigenvalue weighted by Crippen LogP contribution is -2.38. The predicted molar refractivity (Wildman–Crippen MR) is 92.2 cm³/mol. The lowest BCUT2D eigenvalue weighted by atomic mass is 9.98. The molecule has 0 radical (unpaired) electrons. The second kappa shape index (κ2) is 5.44. The standard InChI is InChI=1S/C19H20N2O3/c1-9(2)8-21-12(5)6-10(3)15-17(21)19(24)16-14(18(15)23)11(4)7-13(22)20-16/h6-7,9,23H,5,8H2,1-4H3. The van der Waals surface area contributed by atoms with E-state index in [4.69, 9.17) is 0 Å². The largest absolute Gasteiger partial charge is 0.507 e. The molecule has 24 heavy (non-hydrogen) atoms. The van der Waals surface area contributed by atoms with E-state index in [0.717, 1.165) is 5.56 Å². The Bertz CT molecular complexity index is 1140. The number of hydrogen-bond acceptors (Lipinski definition) is 3. The summed E-state index contributed by atoms with van der Waals surface area (Å²) in [6.45, 7) is 12.2. The van der Waals surface area contributed by atoms with E-state index < -0.39 is 5.91 Å². The Morgan fingerprint density at radius 3 is 2.58 bits per heavy atom. The highest BCUT2D eigenvalue weighted by atomic mass is 16.3. The van der Waals surface area contributed by atoms with E-state index in [9.17, 15) is 14.7 Å². The van der Waals surface area contributed by atoms with Gasteiger partial charge in [0.05, 0.1) is 5.56 Å². The molecule has 1 aliphatic carbocycles. The van der Waals surface area contributed by atoms with Crippen molar-refractivity contribution < 1.29 is 9.90 Å². The Labute approximate surface area is 138 Å². The number of rotatable bonds is 2. The van der Waals surface area contributed by atoms with Gasteiger partial charge in [-0.05, 0) is 37.0 Å². The van der Waals surface area contributed by atoms with Crippen molar-refractivity contribution in [1.82, 2.24) is 4.57 Å². The average Bonchev–Trinajstić information content (AvgIpc) is 2.46. The number of nitrogens with zero attached hydrogens (tertiary/aromatic N) is 2. The third kappa shape index (κ3) is 2.28.